The van der Waals surface area contributed by atoms with E-state index in [2.05, 4.69) is 9.89 Å². The van der Waals surface area contributed by atoms with Gasteiger partial charge in [0.25, 0.3) is 0 Å². The molecule has 0 saturated carbocycles. The molecule has 1 N–H and O–H groups in total. The first-order chi connectivity index (χ1) is 4.63. The van der Waals surface area contributed by atoms with Crippen molar-refractivity contribution < 1.29 is 20.9 Å². The lowest BCUT2D eigenvalue weighted by Crippen LogP contribution is -2.16. The van der Waals surface area contributed by atoms with Crippen LogP contribution in [0.5, 0.6) is 0 Å². The zero-order valence-electron chi connectivity index (χ0n) is 5.62. The lowest BCUT2D eigenvalue weighted by atomic mass is 10.4. The predicted molar refractivity (Wildman–Crippen MR) is 27.3 cm³/mol. The Morgan fingerprint density at radius 1 is 2.00 bits per heavy atom. The van der Waals surface area contributed by atoms with Crippen LogP contribution in [0.2, 0.25) is 0 Å². The second kappa shape index (κ2) is 3.59. The molecule has 0 bridgehead atoms. The van der Waals surface area contributed by atoms with Gasteiger partial charge in [-0.3, -0.25) is 4.79 Å². The molecule has 0 fully saturated rings. The fourth-order valence-electron chi connectivity index (χ4n) is 0.200. The number of esters is 1. The fraction of sp³-hybridized carbons (Fsp3) is 0.250. The van der Waals surface area contributed by atoms with Crippen molar-refractivity contribution in [3.63, 3.8) is 0 Å². The van der Waals surface area contributed by atoms with Gasteiger partial charge >= 0.3 is 5.97 Å². The number of nitrogens with zero attached hydrogens (tertiary/aromatic N) is 1. The van der Waals surface area contributed by atoms with E-state index in [1.807, 2.05) is 0 Å². The van der Waals surface area contributed by atoms with Crippen molar-refractivity contribution >= 4 is 17.9 Å². The molecule has 0 aliphatic rings. The van der Waals surface area contributed by atoms with Crippen LogP contribution in [0.4, 0.5) is 0 Å². The van der Waals surface area contributed by atoms with E-state index in [-0.39, 0.29) is 0 Å². The monoisotopic (exact) mass is 132 g/mol. The van der Waals surface area contributed by atoms with Crippen LogP contribution in [-0.4, -0.2) is 30.3 Å². The standard InChI is InChI=1S/C4H5NO4/c1-9-4(7)3(2-6)5-8/h2,8H,1H3/b5-3-/i2D. The van der Waals surface area contributed by atoms with Gasteiger partial charge in [-0.1, -0.05) is 5.16 Å². The lowest BCUT2D eigenvalue weighted by Gasteiger charge is -1.90. The van der Waals surface area contributed by atoms with Crippen LogP contribution < -0.4 is 0 Å². The summed E-state index contributed by atoms with van der Waals surface area (Å²) >= 11 is 0. The second-order valence-electron chi connectivity index (χ2n) is 1.04. The molecule has 0 radical (unpaired) electrons. The Balaban J connectivity index is 4.39. The summed E-state index contributed by atoms with van der Waals surface area (Å²) in [6.07, 6.45) is -1.38. The van der Waals surface area contributed by atoms with Crippen LogP contribution >= 0.6 is 0 Å². The zero-order chi connectivity index (χ0) is 8.15. The first-order valence-corrected chi connectivity index (χ1v) is 1.94. The molecule has 9 heavy (non-hydrogen) atoms. The van der Waals surface area contributed by atoms with Gasteiger partial charge in [0.15, 0.2) is 6.26 Å². The maximum atomic E-state index is 10.3. The Morgan fingerprint density at radius 3 is 2.67 bits per heavy atom. The maximum Gasteiger partial charge on any atom is 0.363 e. The van der Waals surface area contributed by atoms with Crippen molar-refractivity contribution in [2.75, 3.05) is 7.11 Å². The van der Waals surface area contributed by atoms with Crippen LogP contribution in [-0.2, 0) is 14.3 Å². The van der Waals surface area contributed by atoms with Gasteiger partial charge in [-0.2, -0.15) is 0 Å². The average molecular weight is 132 g/mol. The van der Waals surface area contributed by atoms with E-state index < -0.39 is 17.9 Å². The van der Waals surface area contributed by atoms with Gasteiger partial charge in [0, 0.05) is 0 Å². The van der Waals surface area contributed by atoms with E-state index in [1.165, 1.54) is 0 Å². The molecule has 0 aliphatic carbocycles. The Bertz CT molecular complexity index is 188. The van der Waals surface area contributed by atoms with E-state index in [4.69, 9.17) is 6.58 Å². The van der Waals surface area contributed by atoms with Gasteiger partial charge in [-0.05, 0) is 0 Å². The van der Waals surface area contributed by atoms with Crippen molar-refractivity contribution in [3.05, 3.63) is 0 Å². The molecule has 0 aromatic heterocycles. The Hall–Kier alpha value is -1.39. The van der Waals surface area contributed by atoms with E-state index in [0.717, 1.165) is 7.11 Å². The van der Waals surface area contributed by atoms with E-state index >= 15 is 0 Å². The fourth-order valence-corrected chi connectivity index (χ4v) is 0.200. The summed E-state index contributed by atoms with van der Waals surface area (Å²) in [5.74, 6) is -1.12. The van der Waals surface area contributed by atoms with Crippen LogP contribution in [0.25, 0.3) is 0 Å². The topological polar surface area (TPSA) is 76.0 Å². The molecule has 5 heteroatoms. The van der Waals surface area contributed by atoms with E-state index in [9.17, 15) is 9.59 Å². The first-order valence-electron chi connectivity index (χ1n) is 2.44. The normalized spacial score (nSPS) is 12.1. The highest BCUT2D eigenvalue weighted by molar-refractivity contribution is 6.58. The van der Waals surface area contributed by atoms with E-state index in [1.54, 1.807) is 0 Å². The molecule has 0 aromatic carbocycles. The number of oxime groups is 1. The average Bonchev–Trinajstić information content (AvgIpc) is 1.88. The smallest absolute Gasteiger partial charge is 0.363 e. The van der Waals surface area contributed by atoms with Crippen LogP contribution in [0.15, 0.2) is 5.16 Å². The van der Waals surface area contributed by atoms with Gasteiger partial charge in [-0.15, -0.1) is 0 Å². The quantitative estimate of drug-likeness (QED) is 0.133. The molecule has 0 atom stereocenters. The van der Waals surface area contributed by atoms with Crippen molar-refractivity contribution in [2.45, 2.75) is 0 Å². The highest BCUT2D eigenvalue weighted by Crippen LogP contribution is 1.75. The van der Waals surface area contributed by atoms with Gasteiger partial charge in [0.05, 0.1) is 7.11 Å². The molecule has 0 rings (SSSR count). The first kappa shape index (κ1) is 5.74. The molecule has 0 amide bonds. The highest BCUT2D eigenvalue weighted by Gasteiger charge is 2.09. The number of carbonyl (C=O) groups excluding carboxylic acids is 2. The molecule has 0 saturated heterocycles. The van der Waals surface area contributed by atoms with Crippen LogP contribution in [0.1, 0.15) is 1.37 Å². The van der Waals surface area contributed by atoms with Crippen molar-refractivity contribution in [1.82, 2.24) is 0 Å². The summed E-state index contributed by atoms with van der Waals surface area (Å²) in [6, 6.07) is 0. The highest BCUT2D eigenvalue weighted by atomic mass is 16.5. The van der Waals surface area contributed by atoms with Crippen molar-refractivity contribution in [1.29, 1.82) is 0 Å². The van der Waals surface area contributed by atoms with Gasteiger partial charge < -0.3 is 9.94 Å². The van der Waals surface area contributed by atoms with Gasteiger partial charge in [-0.25, -0.2) is 4.79 Å². The third kappa shape index (κ3) is 1.89. The molecule has 50 valence electrons. The third-order valence-electron chi connectivity index (χ3n) is 0.575. The Morgan fingerprint density at radius 2 is 2.56 bits per heavy atom. The lowest BCUT2D eigenvalue weighted by molar-refractivity contribution is -0.133. The van der Waals surface area contributed by atoms with Gasteiger partial charge in [0.1, 0.15) is 1.37 Å². The molecule has 0 heterocycles. The Kier molecular flexibility index (Phi) is 2.29. The molecule has 5 nitrogen and oxygen atoms in total. The number of hydrogen-bond acceptors (Lipinski definition) is 5. The van der Waals surface area contributed by atoms with Crippen molar-refractivity contribution in [2.24, 2.45) is 5.16 Å². The molecule has 0 aromatic rings. The number of carbonyl (C=O) groups is 2. The zero-order valence-corrected chi connectivity index (χ0v) is 4.62. The molecular formula is C4H5NO4. The largest absolute Gasteiger partial charge is 0.464 e. The SMILES string of the molecule is [2H]C(=O)/C(=N/O)C(=O)OC. The van der Waals surface area contributed by atoms with Crippen LogP contribution in [0.3, 0.4) is 0 Å². The summed E-state index contributed by atoms with van der Waals surface area (Å²) in [6.45, 7) is 0. The second-order valence-corrected chi connectivity index (χ2v) is 1.04. The summed E-state index contributed by atoms with van der Waals surface area (Å²) < 4.78 is 10.3. The Labute approximate surface area is 52.3 Å². The summed E-state index contributed by atoms with van der Waals surface area (Å²) in [5, 5.41) is 10.2. The molecule has 0 unspecified atom stereocenters. The van der Waals surface area contributed by atoms with Crippen LogP contribution in [0, 0.1) is 0 Å². The number of hydrogen-bond donors (Lipinski definition) is 1. The molecule has 0 aliphatic heterocycles. The molecule has 0 spiro atoms. The minimum Gasteiger partial charge on any atom is -0.464 e. The van der Waals surface area contributed by atoms with Crippen molar-refractivity contribution in [3.8, 4) is 0 Å². The van der Waals surface area contributed by atoms with Gasteiger partial charge in [0.2, 0.25) is 5.71 Å². The third-order valence-corrected chi connectivity index (χ3v) is 0.575. The summed E-state index contributed by atoms with van der Waals surface area (Å²) in [4.78, 5) is 20.4. The summed E-state index contributed by atoms with van der Waals surface area (Å²) in [7, 11) is 1.01. The minimum absolute atomic E-state index is 0.928. The number of aldehydes is 1. The summed E-state index contributed by atoms with van der Waals surface area (Å²) in [5.41, 5.74) is -0.928. The predicted octanol–water partition coefficient (Wildman–Crippen LogP) is -0.812. The number of rotatable bonds is 2. The number of ether oxygens (including phenoxy) is 1. The number of methoxy groups -OCH3 is 1. The minimum atomic E-state index is -1.38. The van der Waals surface area contributed by atoms with E-state index in [0.29, 0.717) is 0 Å². The molecular weight excluding hydrogens is 126 g/mol. The maximum absolute atomic E-state index is 10.3.